The van der Waals surface area contributed by atoms with Gasteiger partial charge in [0.25, 0.3) is 5.69 Å². The quantitative estimate of drug-likeness (QED) is 0.389. The molecule has 0 radical (unpaired) electrons. The van der Waals surface area contributed by atoms with Gasteiger partial charge in [-0.2, -0.15) is 0 Å². The van der Waals surface area contributed by atoms with Gasteiger partial charge < -0.3 is 9.67 Å². The minimum Gasteiger partial charge on any atom is -0.493 e. The lowest BCUT2D eigenvalue weighted by Gasteiger charge is -2.01. The average Bonchev–Trinajstić information content (AvgIpc) is 2.89. The largest absolute Gasteiger partial charge is 0.493 e. The molecule has 0 fully saturated rings. The molecule has 10 nitrogen and oxygen atoms in total. The lowest BCUT2D eigenvalue weighted by molar-refractivity contribution is -0.384. The number of benzene rings is 2. The van der Waals surface area contributed by atoms with Crippen LogP contribution in [0.3, 0.4) is 0 Å². The van der Waals surface area contributed by atoms with Crippen molar-refractivity contribution < 1.29 is 18.4 Å². The Hall–Kier alpha value is -3.31. The maximum absolute atomic E-state index is 11.4. The monoisotopic (exact) mass is 389 g/mol. The summed E-state index contributed by atoms with van der Waals surface area (Å²) in [5.41, 5.74) is 0.173. The molecule has 2 aromatic carbocycles. The van der Waals surface area contributed by atoms with Crippen LogP contribution in [0.25, 0.3) is 10.9 Å². The number of azo groups is 1. The summed E-state index contributed by atoms with van der Waals surface area (Å²) < 4.78 is 24.4. The third-order valence-electron chi connectivity index (χ3n) is 3.96. The van der Waals surface area contributed by atoms with Gasteiger partial charge in [-0.1, -0.05) is 18.2 Å². The average molecular weight is 389 g/mol. The van der Waals surface area contributed by atoms with Gasteiger partial charge in [0.15, 0.2) is 11.4 Å². The zero-order valence-electron chi connectivity index (χ0n) is 14.1. The van der Waals surface area contributed by atoms with E-state index in [-0.39, 0.29) is 17.3 Å². The first-order valence-corrected chi connectivity index (χ1v) is 9.31. The molecule has 0 saturated heterocycles. The smallest absolute Gasteiger partial charge is 0.298 e. The van der Waals surface area contributed by atoms with E-state index in [2.05, 4.69) is 10.2 Å². The second kappa shape index (κ2) is 6.78. The maximum atomic E-state index is 11.4. The highest BCUT2D eigenvalue weighted by molar-refractivity contribution is 7.89. The molecule has 11 heteroatoms. The molecule has 3 aromatic rings. The normalized spacial score (nSPS) is 12.1. The number of nitrogens with zero attached hydrogens (tertiary/aromatic N) is 4. The molecular formula is C16H15N5O5S. The summed E-state index contributed by atoms with van der Waals surface area (Å²) in [5.74, 6) is -0.119. The molecule has 1 aromatic heterocycles. The number of hydrogen-bond acceptors (Lipinski definition) is 7. The molecular weight excluding hydrogens is 374 g/mol. The number of nitro groups is 1. The van der Waals surface area contributed by atoms with E-state index in [4.69, 9.17) is 5.14 Å². The molecule has 0 unspecified atom stereocenters. The van der Waals surface area contributed by atoms with Gasteiger partial charge in [-0.3, -0.25) is 10.1 Å². The fourth-order valence-corrected chi connectivity index (χ4v) is 3.24. The van der Waals surface area contributed by atoms with E-state index < -0.39 is 25.5 Å². The minimum atomic E-state index is -4.10. The zero-order valence-corrected chi connectivity index (χ0v) is 14.9. The highest BCUT2D eigenvalue weighted by Gasteiger charge is 2.20. The Bertz CT molecular complexity index is 1180. The molecule has 0 saturated carbocycles. The van der Waals surface area contributed by atoms with Crippen molar-refractivity contribution in [1.82, 2.24) is 4.57 Å². The van der Waals surface area contributed by atoms with E-state index in [9.17, 15) is 23.6 Å². The van der Waals surface area contributed by atoms with Crippen LogP contribution in [0.15, 0.2) is 57.6 Å². The SMILES string of the molecule is CCn1c(O)c(N=Nc2ccc(S(N)(=O)=O)cc2[N+](=O)[O-])c2ccccc21. The maximum Gasteiger partial charge on any atom is 0.298 e. The first-order chi connectivity index (χ1) is 12.7. The fraction of sp³-hybridized carbons (Fsp3) is 0.125. The van der Waals surface area contributed by atoms with Gasteiger partial charge in [-0.25, -0.2) is 13.6 Å². The summed E-state index contributed by atoms with van der Waals surface area (Å²) in [4.78, 5) is 10.1. The van der Waals surface area contributed by atoms with Crippen molar-refractivity contribution in [3.63, 3.8) is 0 Å². The van der Waals surface area contributed by atoms with E-state index >= 15 is 0 Å². The molecule has 27 heavy (non-hydrogen) atoms. The van der Waals surface area contributed by atoms with Crippen molar-refractivity contribution in [2.45, 2.75) is 18.4 Å². The second-order valence-corrected chi connectivity index (χ2v) is 7.15. The molecule has 3 N–H and O–H groups in total. The standard InChI is InChI=1S/C16H15N5O5S/c1-2-20-13-6-4-3-5-11(13)15(16(20)22)19-18-12-8-7-10(27(17,25)26)9-14(12)21(23)24/h3-9,22H,2H2,1H3,(H2,17,25,26). The van der Waals surface area contributed by atoms with Gasteiger partial charge in [-0.15, -0.1) is 10.2 Å². The molecule has 0 bridgehead atoms. The molecule has 0 spiro atoms. The van der Waals surface area contributed by atoms with Crippen LogP contribution in [-0.4, -0.2) is 23.0 Å². The van der Waals surface area contributed by atoms with Gasteiger partial charge >= 0.3 is 0 Å². The van der Waals surface area contributed by atoms with Gasteiger partial charge in [-0.05, 0) is 25.1 Å². The number of para-hydroxylation sites is 1. The lowest BCUT2D eigenvalue weighted by atomic mass is 10.2. The van der Waals surface area contributed by atoms with Crippen molar-refractivity contribution in [1.29, 1.82) is 0 Å². The van der Waals surface area contributed by atoms with Crippen molar-refractivity contribution in [3.05, 3.63) is 52.6 Å². The van der Waals surface area contributed by atoms with Crippen molar-refractivity contribution in [2.24, 2.45) is 15.4 Å². The Morgan fingerprint density at radius 1 is 1.22 bits per heavy atom. The van der Waals surface area contributed by atoms with Crippen molar-refractivity contribution in [2.75, 3.05) is 0 Å². The van der Waals surface area contributed by atoms with Crippen LogP contribution in [0.4, 0.5) is 17.1 Å². The van der Waals surface area contributed by atoms with Crippen molar-refractivity contribution in [3.8, 4) is 5.88 Å². The van der Waals surface area contributed by atoms with Crippen LogP contribution in [-0.2, 0) is 16.6 Å². The number of sulfonamides is 1. The topological polar surface area (TPSA) is 153 Å². The fourth-order valence-electron chi connectivity index (χ4n) is 2.71. The number of nitro benzene ring substituents is 1. The van der Waals surface area contributed by atoms with Crippen LogP contribution in [0.2, 0.25) is 0 Å². The predicted molar refractivity (Wildman–Crippen MR) is 97.9 cm³/mol. The Morgan fingerprint density at radius 3 is 2.56 bits per heavy atom. The number of nitrogens with two attached hydrogens (primary N) is 1. The Morgan fingerprint density at radius 2 is 1.93 bits per heavy atom. The number of rotatable bonds is 5. The molecule has 0 aliphatic carbocycles. The number of aromatic hydroxyl groups is 1. The van der Waals surface area contributed by atoms with Crippen molar-refractivity contribution >= 4 is 38.0 Å². The first-order valence-electron chi connectivity index (χ1n) is 7.77. The summed E-state index contributed by atoms with van der Waals surface area (Å²) in [6, 6.07) is 10.2. The third kappa shape index (κ3) is 3.37. The van der Waals surface area contributed by atoms with Crippen LogP contribution in [0.1, 0.15) is 6.92 Å². The highest BCUT2D eigenvalue weighted by Crippen LogP contribution is 2.40. The first kappa shape index (κ1) is 18.5. The van der Waals surface area contributed by atoms with E-state index in [1.807, 2.05) is 13.0 Å². The molecule has 3 rings (SSSR count). The summed E-state index contributed by atoms with van der Waals surface area (Å²) in [5, 5.41) is 35.1. The number of aromatic nitrogens is 1. The van der Waals surface area contributed by atoms with Gasteiger partial charge in [0, 0.05) is 18.0 Å². The highest BCUT2D eigenvalue weighted by atomic mass is 32.2. The van der Waals surface area contributed by atoms with Crippen LogP contribution >= 0.6 is 0 Å². The second-order valence-electron chi connectivity index (χ2n) is 5.59. The Labute approximate surface area is 153 Å². The lowest BCUT2D eigenvalue weighted by Crippen LogP contribution is -2.12. The minimum absolute atomic E-state index is 0.119. The van der Waals surface area contributed by atoms with Crippen LogP contribution in [0.5, 0.6) is 5.88 Å². The van der Waals surface area contributed by atoms with Gasteiger partial charge in [0.2, 0.25) is 15.9 Å². The summed E-state index contributed by atoms with van der Waals surface area (Å²) in [7, 11) is -4.10. The molecule has 140 valence electrons. The van der Waals surface area contributed by atoms with Crippen LogP contribution in [0, 0.1) is 10.1 Å². The van der Waals surface area contributed by atoms with Gasteiger partial charge in [0.1, 0.15) is 0 Å². The Balaban J connectivity index is 2.14. The summed E-state index contributed by atoms with van der Waals surface area (Å²) >= 11 is 0. The van der Waals surface area contributed by atoms with Gasteiger partial charge in [0.05, 0.1) is 15.3 Å². The number of fused-ring (bicyclic) bond motifs is 1. The van der Waals surface area contributed by atoms with E-state index in [0.29, 0.717) is 11.9 Å². The van der Waals surface area contributed by atoms with Crippen LogP contribution < -0.4 is 5.14 Å². The number of primary sulfonamides is 1. The van der Waals surface area contributed by atoms with E-state index in [1.54, 1.807) is 22.8 Å². The molecule has 0 atom stereocenters. The summed E-state index contributed by atoms with van der Waals surface area (Å²) in [6.45, 7) is 2.34. The molecule has 0 aliphatic heterocycles. The zero-order chi connectivity index (χ0) is 19.8. The molecule has 1 heterocycles. The number of hydrogen-bond donors (Lipinski definition) is 2. The third-order valence-corrected chi connectivity index (χ3v) is 4.87. The van der Waals surface area contributed by atoms with E-state index in [1.165, 1.54) is 0 Å². The predicted octanol–water partition coefficient (Wildman–Crippen LogP) is 3.34. The molecule has 0 amide bonds. The summed E-state index contributed by atoms with van der Waals surface area (Å²) in [6.07, 6.45) is 0. The number of aryl methyl sites for hydroxylation is 1. The molecule has 0 aliphatic rings. The Kier molecular flexibility index (Phi) is 4.64. The van der Waals surface area contributed by atoms with E-state index in [0.717, 1.165) is 23.7 Å².